The number of amides is 1. The third-order valence-electron chi connectivity index (χ3n) is 2.39. The van der Waals surface area contributed by atoms with Crippen molar-refractivity contribution < 1.29 is 14.7 Å². The minimum Gasteiger partial charge on any atom is -0.480 e. The molecule has 2 N–H and O–H groups in total. The first kappa shape index (κ1) is 17.3. The van der Waals surface area contributed by atoms with E-state index in [0.717, 1.165) is 10.7 Å². The molecule has 1 aromatic rings. The lowest BCUT2D eigenvalue weighted by atomic mass is 10.2. The Hall–Kier alpha value is -0.730. The molecule has 8 heteroatoms. The van der Waals surface area contributed by atoms with Gasteiger partial charge in [-0.3, -0.25) is 4.79 Å². The van der Waals surface area contributed by atoms with Crippen LogP contribution in [0.15, 0.2) is 5.38 Å². The van der Waals surface area contributed by atoms with E-state index in [-0.39, 0.29) is 11.7 Å². The molecule has 20 heavy (non-hydrogen) atoms. The van der Waals surface area contributed by atoms with Crippen molar-refractivity contribution in [3.8, 4) is 0 Å². The lowest BCUT2D eigenvalue weighted by Gasteiger charge is -2.13. The second-order valence-electron chi connectivity index (χ2n) is 4.09. The maximum Gasteiger partial charge on any atom is 0.326 e. The Bertz CT molecular complexity index is 451. The Balaban J connectivity index is 2.28. The average Bonchev–Trinajstić information content (AvgIpc) is 2.80. The number of nitrogens with one attached hydrogen (secondary N) is 1. The smallest absolute Gasteiger partial charge is 0.326 e. The SMILES string of the molecule is CSCC[C@@H](NC(=O)CSCc1csc(C)n1)C(=O)O. The van der Waals surface area contributed by atoms with Crippen molar-refractivity contribution in [1.29, 1.82) is 0 Å². The fourth-order valence-electron chi connectivity index (χ4n) is 1.45. The van der Waals surface area contributed by atoms with Gasteiger partial charge in [0.25, 0.3) is 0 Å². The molecule has 0 unspecified atom stereocenters. The molecule has 0 aliphatic rings. The van der Waals surface area contributed by atoms with E-state index in [4.69, 9.17) is 5.11 Å². The number of thioether (sulfide) groups is 2. The first-order valence-electron chi connectivity index (χ1n) is 6.02. The minimum atomic E-state index is -0.979. The van der Waals surface area contributed by atoms with Crippen LogP contribution in [0.25, 0.3) is 0 Å². The largest absolute Gasteiger partial charge is 0.480 e. The van der Waals surface area contributed by atoms with Crippen molar-refractivity contribution in [2.75, 3.05) is 17.8 Å². The van der Waals surface area contributed by atoms with E-state index in [9.17, 15) is 9.59 Å². The summed E-state index contributed by atoms with van der Waals surface area (Å²) in [6.45, 7) is 1.94. The number of thiazole rings is 1. The molecule has 1 amide bonds. The van der Waals surface area contributed by atoms with Crippen LogP contribution in [0, 0.1) is 6.92 Å². The van der Waals surface area contributed by atoms with Crippen molar-refractivity contribution in [3.05, 3.63) is 16.1 Å². The molecule has 0 saturated carbocycles. The van der Waals surface area contributed by atoms with Gasteiger partial charge in [-0.15, -0.1) is 23.1 Å². The van der Waals surface area contributed by atoms with Crippen molar-refractivity contribution in [2.45, 2.75) is 25.1 Å². The highest BCUT2D eigenvalue weighted by Crippen LogP contribution is 2.15. The Morgan fingerprint density at radius 1 is 1.55 bits per heavy atom. The molecule has 1 rings (SSSR count). The standard InChI is InChI=1S/C12H18N2O3S3/c1-8-13-9(6-20-8)5-19-7-11(15)14-10(12(16)17)3-4-18-2/h6,10H,3-5,7H2,1-2H3,(H,14,15)(H,16,17)/t10-/m1/s1. The molecule has 112 valence electrons. The molecule has 1 heterocycles. The summed E-state index contributed by atoms with van der Waals surface area (Å²) in [5.41, 5.74) is 0.961. The predicted octanol–water partition coefficient (Wildman–Crippen LogP) is 2.01. The zero-order chi connectivity index (χ0) is 15.0. The van der Waals surface area contributed by atoms with Crippen molar-refractivity contribution in [3.63, 3.8) is 0 Å². The Labute approximate surface area is 130 Å². The molecule has 0 aliphatic heterocycles. The third-order valence-corrected chi connectivity index (χ3v) is 4.83. The number of hydrogen-bond donors (Lipinski definition) is 2. The van der Waals surface area contributed by atoms with Crippen LogP contribution in [0.4, 0.5) is 0 Å². The number of carbonyl (C=O) groups excluding carboxylic acids is 1. The molecule has 5 nitrogen and oxygen atoms in total. The zero-order valence-electron chi connectivity index (χ0n) is 11.4. The van der Waals surface area contributed by atoms with E-state index in [1.807, 2.05) is 18.6 Å². The molecule has 1 atom stereocenters. The fourth-order valence-corrected chi connectivity index (χ4v) is 3.37. The summed E-state index contributed by atoms with van der Waals surface area (Å²) in [5, 5.41) is 14.5. The highest BCUT2D eigenvalue weighted by molar-refractivity contribution is 7.99. The van der Waals surface area contributed by atoms with Crippen LogP contribution in [-0.4, -0.2) is 45.8 Å². The van der Waals surface area contributed by atoms with Gasteiger partial charge < -0.3 is 10.4 Å². The van der Waals surface area contributed by atoms with Crippen LogP contribution in [0.2, 0.25) is 0 Å². The van der Waals surface area contributed by atoms with Gasteiger partial charge in [0, 0.05) is 11.1 Å². The number of carboxylic acid groups (broad SMARTS) is 1. The Morgan fingerprint density at radius 3 is 2.85 bits per heavy atom. The van der Waals surface area contributed by atoms with Gasteiger partial charge in [0.05, 0.1) is 16.5 Å². The van der Waals surface area contributed by atoms with Crippen LogP contribution < -0.4 is 5.32 Å². The van der Waals surface area contributed by atoms with Gasteiger partial charge in [-0.2, -0.15) is 11.8 Å². The maximum absolute atomic E-state index is 11.7. The summed E-state index contributed by atoms with van der Waals surface area (Å²) in [6.07, 6.45) is 2.35. The van der Waals surface area contributed by atoms with Crippen molar-refractivity contribution >= 4 is 46.7 Å². The minimum absolute atomic E-state index is 0.240. The van der Waals surface area contributed by atoms with E-state index in [0.29, 0.717) is 17.9 Å². The summed E-state index contributed by atoms with van der Waals surface area (Å²) in [4.78, 5) is 27.0. The van der Waals surface area contributed by atoms with Gasteiger partial charge in [0.1, 0.15) is 6.04 Å². The lowest BCUT2D eigenvalue weighted by Crippen LogP contribution is -2.42. The lowest BCUT2D eigenvalue weighted by molar-refractivity contribution is -0.141. The number of aromatic nitrogens is 1. The van der Waals surface area contributed by atoms with E-state index in [1.54, 1.807) is 23.1 Å². The molecule has 0 saturated heterocycles. The number of rotatable bonds is 9. The number of carbonyl (C=O) groups is 2. The fraction of sp³-hybridized carbons (Fsp3) is 0.583. The first-order valence-corrected chi connectivity index (χ1v) is 9.45. The molecule has 0 aromatic carbocycles. The number of aryl methyl sites for hydroxylation is 1. The number of aliphatic carboxylic acids is 1. The van der Waals surface area contributed by atoms with Gasteiger partial charge in [-0.1, -0.05) is 0 Å². The molecule has 0 aliphatic carbocycles. The summed E-state index contributed by atoms with van der Waals surface area (Å²) >= 11 is 4.59. The average molecular weight is 334 g/mol. The van der Waals surface area contributed by atoms with Crippen LogP contribution >= 0.6 is 34.9 Å². The summed E-state index contributed by atoms with van der Waals surface area (Å²) in [5.74, 6) is 0.408. The van der Waals surface area contributed by atoms with Gasteiger partial charge in [0.15, 0.2) is 0 Å². The van der Waals surface area contributed by atoms with Crippen LogP contribution in [0.3, 0.4) is 0 Å². The third kappa shape index (κ3) is 6.62. The van der Waals surface area contributed by atoms with Crippen molar-refractivity contribution in [1.82, 2.24) is 10.3 Å². The van der Waals surface area contributed by atoms with Crippen LogP contribution in [0.1, 0.15) is 17.1 Å². The molecule has 0 spiro atoms. The van der Waals surface area contributed by atoms with E-state index < -0.39 is 12.0 Å². The van der Waals surface area contributed by atoms with Gasteiger partial charge in [-0.05, 0) is 25.4 Å². The van der Waals surface area contributed by atoms with Gasteiger partial charge in [-0.25, -0.2) is 9.78 Å². The number of carboxylic acids is 1. The maximum atomic E-state index is 11.7. The molecular formula is C12H18N2O3S3. The molecule has 0 bridgehead atoms. The normalized spacial score (nSPS) is 12.1. The Kier molecular flexibility index (Phi) is 8.01. The molecule has 0 fully saturated rings. The summed E-state index contributed by atoms with van der Waals surface area (Å²) in [7, 11) is 0. The number of hydrogen-bond acceptors (Lipinski definition) is 6. The van der Waals surface area contributed by atoms with E-state index in [1.165, 1.54) is 11.8 Å². The van der Waals surface area contributed by atoms with E-state index >= 15 is 0 Å². The molecule has 1 aromatic heterocycles. The highest BCUT2D eigenvalue weighted by atomic mass is 32.2. The van der Waals surface area contributed by atoms with Crippen LogP contribution in [-0.2, 0) is 15.3 Å². The quantitative estimate of drug-likeness (QED) is 0.719. The van der Waals surface area contributed by atoms with Gasteiger partial charge >= 0.3 is 5.97 Å². The van der Waals surface area contributed by atoms with E-state index in [2.05, 4.69) is 10.3 Å². The van der Waals surface area contributed by atoms with Crippen molar-refractivity contribution in [2.24, 2.45) is 0 Å². The van der Waals surface area contributed by atoms with Gasteiger partial charge in [0.2, 0.25) is 5.91 Å². The predicted molar refractivity (Wildman–Crippen MR) is 85.6 cm³/mol. The first-order chi connectivity index (χ1) is 9.52. The summed E-state index contributed by atoms with van der Waals surface area (Å²) < 4.78 is 0. The highest BCUT2D eigenvalue weighted by Gasteiger charge is 2.19. The second-order valence-corrected chi connectivity index (χ2v) is 7.12. The van der Waals surface area contributed by atoms with Crippen LogP contribution in [0.5, 0.6) is 0 Å². The monoisotopic (exact) mass is 334 g/mol. The Morgan fingerprint density at radius 2 is 2.30 bits per heavy atom. The number of nitrogens with zero attached hydrogens (tertiary/aromatic N) is 1. The topological polar surface area (TPSA) is 79.3 Å². The summed E-state index contributed by atoms with van der Waals surface area (Å²) in [6, 6.07) is -0.794. The molecule has 0 radical (unpaired) electrons. The second kappa shape index (κ2) is 9.25. The molecular weight excluding hydrogens is 316 g/mol. The zero-order valence-corrected chi connectivity index (χ0v) is 13.9.